The number of benzene rings is 2. The van der Waals surface area contributed by atoms with E-state index < -0.39 is 0 Å². The topological polar surface area (TPSA) is 81.0 Å². The van der Waals surface area contributed by atoms with Gasteiger partial charge < -0.3 is 24.1 Å². The summed E-state index contributed by atoms with van der Waals surface area (Å²) in [6.07, 6.45) is 4.10. The first kappa shape index (κ1) is 23.7. The SMILES string of the molecule is C=CCc1ccc(OCC(=O)N(Cc2ccc(C(=O)NC)cc2)Cc2ccco2)c(OC)c1. The molecule has 3 rings (SSSR count). The van der Waals surface area contributed by atoms with Crippen molar-refractivity contribution in [2.24, 2.45) is 0 Å². The summed E-state index contributed by atoms with van der Waals surface area (Å²) in [6.45, 7) is 4.22. The first-order chi connectivity index (χ1) is 16.0. The zero-order chi connectivity index (χ0) is 23.6. The van der Waals surface area contributed by atoms with E-state index in [0.717, 1.165) is 11.1 Å². The lowest BCUT2D eigenvalue weighted by Crippen LogP contribution is -2.34. The molecule has 1 N–H and O–H groups in total. The molecule has 33 heavy (non-hydrogen) atoms. The fourth-order valence-electron chi connectivity index (χ4n) is 3.30. The zero-order valence-electron chi connectivity index (χ0n) is 18.9. The summed E-state index contributed by atoms with van der Waals surface area (Å²) in [5.41, 5.74) is 2.48. The van der Waals surface area contributed by atoms with E-state index in [2.05, 4.69) is 11.9 Å². The van der Waals surface area contributed by atoms with Crippen LogP contribution in [0.1, 0.15) is 27.2 Å². The van der Waals surface area contributed by atoms with Crippen LogP contribution in [0.15, 0.2) is 77.9 Å². The molecule has 0 saturated heterocycles. The van der Waals surface area contributed by atoms with Gasteiger partial charge in [0.15, 0.2) is 18.1 Å². The number of ether oxygens (including phenoxy) is 2. The number of rotatable bonds is 11. The number of amides is 2. The lowest BCUT2D eigenvalue weighted by molar-refractivity contribution is -0.134. The van der Waals surface area contributed by atoms with Crippen LogP contribution in [0.4, 0.5) is 0 Å². The molecule has 172 valence electrons. The van der Waals surface area contributed by atoms with Crippen LogP contribution in [0.25, 0.3) is 0 Å². The number of nitrogens with one attached hydrogen (secondary N) is 1. The lowest BCUT2D eigenvalue weighted by Gasteiger charge is -2.22. The van der Waals surface area contributed by atoms with Gasteiger partial charge in [-0.15, -0.1) is 6.58 Å². The third-order valence-electron chi connectivity index (χ3n) is 5.06. The Bertz CT molecular complexity index is 1070. The maximum absolute atomic E-state index is 13.1. The van der Waals surface area contributed by atoms with Crippen LogP contribution in [0, 0.1) is 0 Å². The predicted molar refractivity (Wildman–Crippen MR) is 125 cm³/mol. The van der Waals surface area contributed by atoms with Crippen LogP contribution in [0.2, 0.25) is 0 Å². The molecule has 1 heterocycles. The maximum atomic E-state index is 13.1. The first-order valence-corrected chi connectivity index (χ1v) is 10.6. The van der Waals surface area contributed by atoms with Crippen molar-refractivity contribution in [2.45, 2.75) is 19.5 Å². The lowest BCUT2D eigenvalue weighted by atomic mass is 10.1. The highest BCUT2D eigenvalue weighted by Gasteiger charge is 2.18. The first-order valence-electron chi connectivity index (χ1n) is 10.6. The summed E-state index contributed by atoms with van der Waals surface area (Å²) in [5.74, 6) is 1.35. The van der Waals surface area contributed by atoms with Crippen molar-refractivity contribution in [3.8, 4) is 11.5 Å². The number of nitrogens with zero attached hydrogens (tertiary/aromatic N) is 1. The standard InChI is InChI=1S/C26H28N2O5/c1-4-6-19-10-13-23(24(15-19)31-3)33-18-25(29)28(17-22-7-5-14-32-22)16-20-8-11-21(12-9-20)26(30)27-2/h4-5,7-15H,1,6,16-18H2,2-3H3,(H,27,30). The number of hydrogen-bond donors (Lipinski definition) is 1. The Balaban J connectivity index is 1.72. The molecule has 0 spiro atoms. The van der Waals surface area contributed by atoms with Crippen molar-refractivity contribution in [1.29, 1.82) is 0 Å². The maximum Gasteiger partial charge on any atom is 0.261 e. The van der Waals surface area contributed by atoms with Crippen LogP contribution < -0.4 is 14.8 Å². The number of furan rings is 1. The number of methoxy groups -OCH3 is 1. The van der Waals surface area contributed by atoms with Gasteiger partial charge in [-0.3, -0.25) is 9.59 Å². The Kier molecular flexibility index (Phi) is 8.30. The van der Waals surface area contributed by atoms with Crippen molar-refractivity contribution in [2.75, 3.05) is 20.8 Å². The average molecular weight is 449 g/mol. The van der Waals surface area contributed by atoms with Crippen molar-refractivity contribution in [3.63, 3.8) is 0 Å². The summed E-state index contributed by atoms with van der Waals surface area (Å²) in [4.78, 5) is 26.5. The van der Waals surface area contributed by atoms with Gasteiger partial charge in [-0.05, 0) is 53.9 Å². The third kappa shape index (κ3) is 6.49. The fraction of sp³-hybridized carbons (Fsp3) is 0.231. The van der Waals surface area contributed by atoms with Gasteiger partial charge in [0, 0.05) is 19.2 Å². The van der Waals surface area contributed by atoms with E-state index in [1.807, 2.05) is 36.4 Å². The summed E-state index contributed by atoms with van der Waals surface area (Å²) in [5, 5.41) is 2.59. The third-order valence-corrected chi connectivity index (χ3v) is 5.06. The number of carbonyl (C=O) groups is 2. The smallest absolute Gasteiger partial charge is 0.261 e. The molecular weight excluding hydrogens is 420 g/mol. The average Bonchev–Trinajstić information content (AvgIpc) is 3.36. The molecule has 0 bridgehead atoms. The Hall–Kier alpha value is -4.00. The highest BCUT2D eigenvalue weighted by Crippen LogP contribution is 2.28. The zero-order valence-corrected chi connectivity index (χ0v) is 18.9. The quantitative estimate of drug-likeness (QED) is 0.449. The second-order valence-corrected chi connectivity index (χ2v) is 7.37. The molecule has 1 aromatic heterocycles. The molecular formula is C26H28N2O5. The second-order valence-electron chi connectivity index (χ2n) is 7.37. The normalized spacial score (nSPS) is 10.4. The molecule has 0 unspecified atom stereocenters. The van der Waals surface area contributed by atoms with Crippen LogP contribution >= 0.6 is 0 Å². The van der Waals surface area contributed by atoms with Crippen molar-refractivity contribution >= 4 is 11.8 Å². The molecule has 0 radical (unpaired) electrons. The molecule has 2 aromatic carbocycles. The molecule has 3 aromatic rings. The Labute approximate surface area is 193 Å². The van der Waals surface area contributed by atoms with Gasteiger partial charge in [0.2, 0.25) is 0 Å². The minimum Gasteiger partial charge on any atom is -0.493 e. The van der Waals surface area contributed by atoms with E-state index in [-0.39, 0.29) is 18.4 Å². The fourth-order valence-corrected chi connectivity index (χ4v) is 3.30. The molecule has 7 heteroatoms. The molecule has 0 fully saturated rings. The summed E-state index contributed by atoms with van der Waals surface area (Å²) < 4.78 is 16.7. The van der Waals surface area contributed by atoms with Crippen molar-refractivity contribution in [1.82, 2.24) is 10.2 Å². The molecule has 0 atom stereocenters. The predicted octanol–water partition coefficient (Wildman–Crippen LogP) is 3.98. The summed E-state index contributed by atoms with van der Waals surface area (Å²) in [6, 6.07) is 16.3. The van der Waals surface area contributed by atoms with Crippen LogP contribution in [-0.2, 0) is 24.3 Å². The number of hydrogen-bond acceptors (Lipinski definition) is 5. The minimum absolute atomic E-state index is 0.159. The second kappa shape index (κ2) is 11.6. The summed E-state index contributed by atoms with van der Waals surface area (Å²) in [7, 11) is 3.15. The Morgan fingerprint density at radius 3 is 2.45 bits per heavy atom. The van der Waals surface area contributed by atoms with Gasteiger partial charge in [-0.25, -0.2) is 0 Å². The van der Waals surface area contributed by atoms with Gasteiger partial charge >= 0.3 is 0 Å². The van der Waals surface area contributed by atoms with E-state index in [1.54, 1.807) is 49.6 Å². The van der Waals surface area contributed by atoms with Crippen LogP contribution in [-0.4, -0.2) is 37.5 Å². The van der Waals surface area contributed by atoms with Gasteiger partial charge in [0.05, 0.1) is 19.9 Å². The molecule has 7 nitrogen and oxygen atoms in total. The van der Waals surface area contributed by atoms with Crippen molar-refractivity contribution in [3.05, 3.63) is 96.0 Å². The highest BCUT2D eigenvalue weighted by atomic mass is 16.5. The Morgan fingerprint density at radius 1 is 1.06 bits per heavy atom. The van der Waals surface area contributed by atoms with E-state index in [0.29, 0.717) is 42.3 Å². The van der Waals surface area contributed by atoms with Crippen LogP contribution in [0.3, 0.4) is 0 Å². The molecule has 0 aliphatic rings. The number of carbonyl (C=O) groups excluding carboxylic acids is 2. The number of allylic oxidation sites excluding steroid dienone is 1. The van der Waals surface area contributed by atoms with E-state index in [9.17, 15) is 9.59 Å². The van der Waals surface area contributed by atoms with E-state index >= 15 is 0 Å². The molecule has 0 aliphatic heterocycles. The van der Waals surface area contributed by atoms with Crippen molar-refractivity contribution < 1.29 is 23.5 Å². The monoisotopic (exact) mass is 448 g/mol. The largest absolute Gasteiger partial charge is 0.493 e. The van der Waals surface area contributed by atoms with Gasteiger partial charge in [-0.1, -0.05) is 24.3 Å². The minimum atomic E-state index is -0.209. The molecule has 0 aliphatic carbocycles. The van der Waals surface area contributed by atoms with Gasteiger partial charge in [0.1, 0.15) is 5.76 Å². The van der Waals surface area contributed by atoms with Gasteiger partial charge in [0.25, 0.3) is 11.8 Å². The molecule has 0 saturated carbocycles. The Morgan fingerprint density at radius 2 is 1.82 bits per heavy atom. The summed E-state index contributed by atoms with van der Waals surface area (Å²) >= 11 is 0. The van der Waals surface area contributed by atoms with E-state index in [1.165, 1.54) is 0 Å². The molecule has 2 amide bonds. The van der Waals surface area contributed by atoms with E-state index in [4.69, 9.17) is 13.9 Å². The highest BCUT2D eigenvalue weighted by molar-refractivity contribution is 5.93. The van der Waals surface area contributed by atoms with Gasteiger partial charge in [-0.2, -0.15) is 0 Å². The van der Waals surface area contributed by atoms with Crippen LogP contribution in [0.5, 0.6) is 11.5 Å².